The topological polar surface area (TPSA) is 124 Å². The quantitative estimate of drug-likeness (QED) is 0.373. The van der Waals surface area contributed by atoms with Crippen molar-refractivity contribution >= 4 is 35.4 Å². The van der Waals surface area contributed by atoms with Gasteiger partial charge in [-0.15, -0.1) is 0 Å². The van der Waals surface area contributed by atoms with Gasteiger partial charge in [-0.1, -0.05) is 0 Å². The van der Waals surface area contributed by atoms with Gasteiger partial charge >= 0.3 is 74.4 Å². The van der Waals surface area contributed by atoms with Crippen molar-refractivity contribution in [1.29, 1.82) is 0 Å². The Morgan fingerprint density at radius 3 is 1.10 bits per heavy atom. The summed E-state index contributed by atoms with van der Waals surface area (Å²) in [5.41, 5.74) is 0. The summed E-state index contributed by atoms with van der Waals surface area (Å²) in [6, 6.07) is 0. The van der Waals surface area contributed by atoms with Crippen molar-refractivity contribution in [1.82, 2.24) is 0 Å². The van der Waals surface area contributed by atoms with Gasteiger partial charge in [0.15, 0.2) is 0 Å². The van der Waals surface area contributed by atoms with Crippen LogP contribution >= 0.6 is 0 Å². The Balaban J connectivity index is -0.0000000300. The van der Waals surface area contributed by atoms with Gasteiger partial charge in [-0.05, 0) is 6.16 Å². The molecule has 0 bridgehead atoms. The molecule has 0 aliphatic heterocycles. The summed E-state index contributed by atoms with van der Waals surface area (Å²) >= 11 is 0. The maximum Gasteiger partial charge on any atom is 2.00 e. The van der Waals surface area contributed by atoms with E-state index in [1.807, 2.05) is 0 Å². The molecule has 0 unspecified atom stereocenters. The molecule has 48 valence electrons. The predicted molar refractivity (Wildman–Crippen MR) is 19.2 cm³/mol. The molecule has 0 aliphatic rings. The van der Waals surface area contributed by atoms with Crippen molar-refractivity contribution in [3.8, 4) is 0 Å². The number of hydrogen-bond donors (Lipinski definition) is 1. The molecule has 0 aliphatic carbocycles. The van der Waals surface area contributed by atoms with Crippen molar-refractivity contribution in [2.24, 2.45) is 0 Å². The number of carbonyl (C=O) groups excluding carboxylic acids is 1. The number of carboxylic acid groups (broad SMARTS) is 4. The summed E-state index contributed by atoms with van der Waals surface area (Å²) < 4.78 is 0. The molecule has 10 heavy (non-hydrogen) atoms. The zero-order valence-electron chi connectivity index (χ0n) is 5.20. The number of rotatable bonds is 0. The molecule has 0 heterocycles. The summed E-state index contributed by atoms with van der Waals surface area (Å²) in [6.45, 7) is 0. The average molecular weight is 184 g/mol. The van der Waals surface area contributed by atoms with Gasteiger partial charge in [-0.3, -0.25) is 0 Å². The van der Waals surface area contributed by atoms with E-state index in [1.165, 1.54) is 0 Å². The van der Waals surface area contributed by atoms with E-state index in [-0.39, 0.29) is 74.4 Å². The van der Waals surface area contributed by atoms with Gasteiger partial charge in [-0.25, -0.2) is 0 Å². The summed E-state index contributed by atoms with van der Waals surface area (Å²) in [4.78, 5) is 16.8. The molecule has 6 nitrogen and oxygen atoms in total. The smallest absolute Gasteiger partial charge is 0.652 e. The zero-order valence-corrected chi connectivity index (χ0v) is 9.73. The van der Waals surface area contributed by atoms with E-state index in [9.17, 15) is 0 Å². The number of hydrogen-bond acceptors (Lipinski definition) is 5. The molecule has 8 heteroatoms. The minimum Gasteiger partial charge on any atom is -0.652 e. The van der Waals surface area contributed by atoms with Gasteiger partial charge in [-0.2, -0.15) is 0 Å². The standard InChI is InChI=1S/2CH2O3.K.Mg/c2*2-1(3)4;;/h2*(H2,2,3,4);;/q;;+1;+2/p-3. The predicted octanol–water partition coefficient (Wildman–Crippen LogP) is -6.94. The van der Waals surface area contributed by atoms with Crippen LogP contribution in [-0.2, 0) is 0 Å². The molecule has 0 radical (unpaired) electrons. The maximum atomic E-state index is 8.44. The van der Waals surface area contributed by atoms with E-state index in [4.69, 9.17) is 30.0 Å². The third-order valence-corrected chi connectivity index (χ3v) is 0. The molecule has 1 N–H and O–H groups in total. The fourth-order valence-corrected chi connectivity index (χ4v) is 0. The number of carbonyl (C=O) groups is 2. The second kappa shape index (κ2) is 16.5. The zero-order chi connectivity index (χ0) is 7.15. The van der Waals surface area contributed by atoms with Crippen LogP contribution in [0, 0.1) is 0 Å². The third kappa shape index (κ3) is 635. The van der Waals surface area contributed by atoms with Crippen molar-refractivity contribution in [3.63, 3.8) is 0 Å². The van der Waals surface area contributed by atoms with Crippen LogP contribution < -0.4 is 66.7 Å². The molecule has 0 atom stereocenters. The van der Waals surface area contributed by atoms with Crippen molar-refractivity contribution in [2.75, 3.05) is 0 Å². The van der Waals surface area contributed by atoms with Crippen LogP contribution in [-0.4, -0.2) is 40.5 Å². The monoisotopic (exact) mass is 184 g/mol. The van der Waals surface area contributed by atoms with Crippen LogP contribution in [0.2, 0.25) is 0 Å². The Bertz CT molecular complexity index is 73.7. The first-order valence-electron chi connectivity index (χ1n) is 1.24. The van der Waals surface area contributed by atoms with Gasteiger partial charge in [0.25, 0.3) is 0 Å². The molecule has 0 aromatic carbocycles. The SMILES string of the molecule is O=C([O-])O.O=C([O-])[O-].[K+].[Mg+2]. The van der Waals surface area contributed by atoms with Gasteiger partial charge < -0.3 is 30.0 Å². The third-order valence-electron chi connectivity index (χ3n) is 0. The van der Waals surface area contributed by atoms with Crippen LogP contribution in [0.5, 0.6) is 0 Å². The molecule has 0 saturated carbocycles. The normalized spacial score (nSPS) is 4.80. The molecule has 0 amide bonds. The summed E-state index contributed by atoms with van der Waals surface area (Å²) in [7, 11) is 0. The average Bonchev–Trinajstić information content (AvgIpc) is 1.25. The Labute approximate surface area is 115 Å². The van der Waals surface area contributed by atoms with E-state index in [2.05, 4.69) is 0 Å². The first kappa shape index (κ1) is 22.4. The van der Waals surface area contributed by atoms with Crippen molar-refractivity contribution < 1.29 is 81.4 Å². The van der Waals surface area contributed by atoms with E-state index in [0.717, 1.165) is 0 Å². The first-order valence-corrected chi connectivity index (χ1v) is 1.24. The minimum absolute atomic E-state index is 0. The summed E-state index contributed by atoms with van der Waals surface area (Å²) in [6.07, 6.45) is -4.42. The van der Waals surface area contributed by atoms with Crippen molar-refractivity contribution in [2.45, 2.75) is 0 Å². The van der Waals surface area contributed by atoms with E-state index >= 15 is 0 Å². The van der Waals surface area contributed by atoms with Crippen LogP contribution in [0.1, 0.15) is 0 Å². The van der Waals surface area contributed by atoms with Crippen LogP contribution in [0.4, 0.5) is 9.59 Å². The fraction of sp³-hybridized carbons (Fsp3) is 0. The Morgan fingerprint density at radius 2 is 1.10 bits per heavy atom. The molecule has 0 spiro atoms. The summed E-state index contributed by atoms with van der Waals surface area (Å²) in [5.74, 6) is 0. The van der Waals surface area contributed by atoms with E-state index in [1.54, 1.807) is 0 Å². The second-order valence-corrected chi connectivity index (χ2v) is 0.516. The van der Waals surface area contributed by atoms with E-state index in [0.29, 0.717) is 0 Å². The second-order valence-electron chi connectivity index (χ2n) is 0.516. The van der Waals surface area contributed by atoms with Gasteiger partial charge in [0, 0.05) is 0 Å². The Kier molecular flexibility index (Phi) is 37.0. The first-order chi connectivity index (χ1) is 3.46. The summed E-state index contributed by atoms with van der Waals surface area (Å²) in [5, 5.41) is 32.0. The van der Waals surface area contributed by atoms with Gasteiger partial charge in [0.2, 0.25) is 6.16 Å². The molecular formula is C2HKMgO6. The largest absolute Gasteiger partial charge is 2.00 e. The van der Waals surface area contributed by atoms with Crippen molar-refractivity contribution in [3.05, 3.63) is 0 Å². The molecule has 0 fully saturated rings. The molecule has 0 aromatic heterocycles. The van der Waals surface area contributed by atoms with Crippen LogP contribution in [0.25, 0.3) is 0 Å². The molecular weight excluding hydrogens is 183 g/mol. The van der Waals surface area contributed by atoms with Crippen LogP contribution in [0.3, 0.4) is 0 Å². The molecule has 0 rings (SSSR count). The minimum atomic E-state index is -2.33. The van der Waals surface area contributed by atoms with Crippen LogP contribution in [0.15, 0.2) is 0 Å². The Hall–Kier alpha value is 0.943. The van der Waals surface area contributed by atoms with Gasteiger partial charge in [0.1, 0.15) is 0 Å². The molecule has 0 aromatic rings. The van der Waals surface area contributed by atoms with Gasteiger partial charge in [0.05, 0.1) is 0 Å². The fourth-order valence-electron chi connectivity index (χ4n) is 0. The Morgan fingerprint density at radius 1 is 1.10 bits per heavy atom. The van der Waals surface area contributed by atoms with E-state index < -0.39 is 12.3 Å². The maximum absolute atomic E-state index is 8.44. The molecule has 0 saturated heterocycles.